The number of hydrogen-bond acceptors (Lipinski definition) is 4. The average molecular weight is 381 g/mol. The van der Waals surface area contributed by atoms with Crippen LogP contribution in [0.5, 0.6) is 0 Å². The van der Waals surface area contributed by atoms with Crippen molar-refractivity contribution in [2.45, 2.75) is 6.42 Å². The van der Waals surface area contributed by atoms with Crippen LogP contribution in [0.4, 0.5) is 10.6 Å². The highest BCUT2D eigenvalue weighted by Gasteiger charge is 2.39. The van der Waals surface area contributed by atoms with E-state index in [-0.39, 0.29) is 18.9 Å². The number of imide groups is 1. The molecule has 1 aliphatic rings. The molecule has 25 heavy (non-hydrogen) atoms. The molecule has 2 aromatic rings. The van der Waals surface area contributed by atoms with Gasteiger partial charge in [0.25, 0.3) is 11.5 Å². The first-order chi connectivity index (χ1) is 11.9. The lowest BCUT2D eigenvalue weighted by Crippen LogP contribution is -2.38. The van der Waals surface area contributed by atoms with Crippen LogP contribution in [-0.2, 0) is 18.3 Å². The van der Waals surface area contributed by atoms with E-state index in [4.69, 9.17) is 23.2 Å². The predicted molar refractivity (Wildman–Crippen MR) is 94.1 cm³/mol. The van der Waals surface area contributed by atoms with E-state index >= 15 is 0 Å². The van der Waals surface area contributed by atoms with Gasteiger partial charge in [-0.2, -0.15) is 0 Å². The highest BCUT2D eigenvalue weighted by Crippen LogP contribution is 2.22. The minimum atomic E-state index is -0.564. The van der Waals surface area contributed by atoms with Crippen LogP contribution in [0.1, 0.15) is 5.56 Å². The molecule has 0 radical (unpaired) electrons. The van der Waals surface area contributed by atoms with E-state index in [9.17, 15) is 14.4 Å². The minimum Gasteiger partial charge on any atom is -0.314 e. The smallest absolute Gasteiger partial charge is 0.314 e. The molecule has 0 atom stereocenters. The fourth-order valence-corrected chi connectivity index (χ4v) is 3.05. The summed E-state index contributed by atoms with van der Waals surface area (Å²) in [6.07, 6.45) is 3.29. The quantitative estimate of drug-likeness (QED) is 0.761. The molecule has 2 heterocycles. The van der Waals surface area contributed by atoms with Crippen molar-refractivity contribution in [1.29, 1.82) is 0 Å². The molecule has 1 saturated heterocycles. The van der Waals surface area contributed by atoms with Gasteiger partial charge >= 0.3 is 6.03 Å². The Bertz CT molecular complexity index is 912. The third-order valence-electron chi connectivity index (χ3n) is 3.91. The van der Waals surface area contributed by atoms with Crippen LogP contribution in [0, 0.1) is 0 Å². The Morgan fingerprint density at radius 2 is 1.96 bits per heavy atom. The number of benzene rings is 1. The van der Waals surface area contributed by atoms with E-state index in [2.05, 4.69) is 4.98 Å². The van der Waals surface area contributed by atoms with Crippen molar-refractivity contribution in [3.8, 4) is 0 Å². The highest BCUT2D eigenvalue weighted by atomic mass is 35.5. The van der Waals surface area contributed by atoms with E-state index in [0.717, 1.165) is 10.5 Å². The van der Waals surface area contributed by atoms with Crippen molar-refractivity contribution in [3.63, 3.8) is 0 Å². The summed E-state index contributed by atoms with van der Waals surface area (Å²) in [7, 11) is 1.53. The van der Waals surface area contributed by atoms with Crippen molar-refractivity contribution in [2.24, 2.45) is 7.05 Å². The molecular weight excluding hydrogens is 367 g/mol. The molecule has 0 saturated carbocycles. The van der Waals surface area contributed by atoms with Gasteiger partial charge in [-0.05, 0) is 24.1 Å². The summed E-state index contributed by atoms with van der Waals surface area (Å²) in [5.74, 6) is -0.671. The number of hydrogen-bond donors (Lipinski definition) is 0. The number of amides is 3. The second-order valence-electron chi connectivity index (χ2n) is 5.59. The molecule has 0 aliphatic carbocycles. The summed E-state index contributed by atoms with van der Waals surface area (Å²) >= 11 is 12.0. The minimum absolute atomic E-state index is 0.107. The maximum absolute atomic E-state index is 12.5. The molecule has 3 amide bonds. The second-order valence-corrected chi connectivity index (χ2v) is 6.43. The molecule has 1 aliphatic heterocycles. The second kappa shape index (κ2) is 6.85. The lowest BCUT2D eigenvalue weighted by molar-refractivity contribution is -0.116. The summed E-state index contributed by atoms with van der Waals surface area (Å²) in [6, 6.07) is 4.55. The number of carbonyl (C=O) groups is 2. The highest BCUT2D eigenvalue weighted by molar-refractivity contribution is 6.35. The van der Waals surface area contributed by atoms with Gasteiger partial charge in [-0.3, -0.25) is 9.59 Å². The molecule has 1 fully saturated rings. The fourth-order valence-electron chi connectivity index (χ4n) is 2.55. The molecule has 0 spiro atoms. The number of urea groups is 1. The monoisotopic (exact) mass is 380 g/mol. The first-order valence-corrected chi connectivity index (χ1v) is 8.21. The first kappa shape index (κ1) is 17.4. The van der Waals surface area contributed by atoms with E-state index in [0.29, 0.717) is 16.5 Å². The van der Waals surface area contributed by atoms with Gasteiger partial charge in [0.2, 0.25) is 5.82 Å². The van der Waals surface area contributed by atoms with Crippen LogP contribution in [-0.4, -0.2) is 39.5 Å². The number of aromatic nitrogens is 2. The van der Waals surface area contributed by atoms with Gasteiger partial charge in [-0.1, -0.05) is 29.3 Å². The van der Waals surface area contributed by atoms with E-state index < -0.39 is 17.5 Å². The van der Waals surface area contributed by atoms with Crippen molar-refractivity contribution < 1.29 is 9.59 Å². The molecule has 7 nitrogen and oxygen atoms in total. The summed E-state index contributed by atoms with van der Waals surface area (Å²) in [5.41, 5.74) is 0.310. The summed E-state index contributed by atoms with van der Waals surface area (Å²) in [4.78, 5) is 42.9. The Labute approximate surface area is 153 Å². The molecule has 130 valence electrons. The third-order valence-corrected chi connectivity index (χ3v) is 4.50. The zero-order valence-electron chi connectivity index (χ0n) is 13.3. The van der Waals surface area contributed by atoms with Gasteiger partial charge in [0.1, 0.15) is 6.54 Å². The Morgan fingerprint density at radius 3 is 2.68 bits per heavy atom. The van der Waals surface area contributed by atoms with Gasteiger partial charge < -0.3 is 9.47 Å². The van der Waals surface area contributed by atoms with Crippen molar-refractivity contribution in [2.75, 3.05) is 18.0 Å². The van der Waals surface area contributed by atoms with E-state index in [1.165, 1.54) is 28.9 Å². The van der Waals surface area contributed by atoms with Gasteiger partial charge in [-0.15, -0.1) is 0 Å². The largest absolute Gasteiger partial charge is 0.333 e. The normalized spacial score (nSPS) is 14.5. The standard InChI is InChI=1S/C16H14Cl2N4O3/c1-20-7-5-19-14(15(20)24)22-13(23)9-21(16(22)25)6-4-10-2-3-11(17)8-12(10)18/h2-3,5,7-8H,4,6,9H2,1H3. The topological polar surface area (TPSA) is 75.5 Å². The molecule has 9 heteroatoms. The Morgan fingerprint density at radius 1 is 1.20 bits per heavy atom. The van der Waals surface area contributed by atoms with Crippen LogP contribution in [0.15, 0.2) is 35.4 Å². The van der Waals surface area contributed by atoms with Crippen LogP contribution >= 0.6 is 23.2 Å². The zero-order chi connectivity index (χ0) is 18.1. The Balaban J connectivity index is 1.77. The van der Waals surface area contributed by atoms with Crippen LogP contribution in [0.2, 0.25) is 10.0 Å². The van der Waals surface area contributed by atoms with Crippen molar-refractivity contribution >= 4 is 41.0 Å². The molecule has 0 bridgehead atoms. The van der Waals surface area contributed by atoms with E-state index in [1.807, 2.05) is 0 Å². The van der Waals surface area contributed by atoms with E-state index in [1.54, 1.807) is 18.2 Å². The van der Waals surface area contributed by atoms with Crippen LogP contribution < -0.4 is 10.5 Å². The first-order valence-electron chi connectivity index (χ1n) is 7.46. The average Bonchev–Trinajstić information content (AvgIpc) is 2.84. The molecular formula is C16H14Cl2N4O3. The lowest BCUT2D eigenvalue weighted by Gasteiger charge is -2.16. The summed E-state index contributed by atoms with van der Waals surface area (Å²) in [5, 5.41) is 1.03. The number of halogens is 2. The van der Waals surface area contributed by atoms with Crippen LogP contribution in [0.25, 0.3) is 0 Å². The zero-order valence-corrected chi connectivity index (χ0v) is 14.8. The summed E-state index contributed by atoms with van der Waals surface area (Å²) < 4.78 is 1.26. The van der Waals surface area contributed by atoms with Gasteiger partial charge in [0.05, 0.1) is 0 Å². The Kier molecular flexibility index (Phi) is 4.78. The maximum Gasteiger partial charge on any atom is 0.333 e. The van der Waals surface area contributed by atoms with Crippen LogP contribution in [0.3, 0.4) is 0 Å². The molecule has 1 aromatic heterocycles. The predicted octanol–water partition coefficient (Wildman–Crippen LogP) is 2.10. The number of nitrogens with zero attached hydrogens (tertiary/aromatic N) is 4. The number of carbonyl (C=O) groups excluding carboxylic acids is 2. The molecule has 3 rings (SSSR count). The number of aryl methyl sites for hydroxylation is 1. The van der Waals surface area contributed by atoms with Gasteiger partial charge in [-0.25, -0.2) is 14.7 Å². The third kappa shape index (κ3) is 3.38. The molecule has 0 N–H and O–H groups in total. The molecule has 1 aromatic carbocycles. The summed E-state index contributed by atoms with van der Waals surface area (Å²) in [6.45, 7) is 0.180. The SMILES string of the molecule is Cn1ccnc(N2C(=O)CN(CCc3ccc(Cl)cc3Cl)C2=O)c1=O. The fraction of sp³-hybridized carbons (Fsp3) is 0.250. The number of rotatable bonds is 4. The van der Waals surface area contributed by atoms with Crippen molar-refractivity contribution in [3.05, 3.63) is 56.6 Å². The van der Waals surface area contributed by atoms with Crippen molar-refractivity contribution in [1.82, 2.24) is 14.5 Å². The maximum atomic E-state index is 12.5. The van der Waals surface area contributed by atoms with Gasteiger partial charge in [0, 0.05) is 36.0 Å². The molecule has 0 unspecified atom stereocenters. The lowest BCUT2D eigenvalue weighted by atomic mass is 10.1. The van der Waals surface area contributed by atoms with Gasteiger partial charge in [0.15, 0.2) is 0 Å². The Hall–Kier alpha value is -2.38. The number of anilines is 1.